The first-order chi connectivity index (χ1) is 11.7. The second-order valence-corrected chi connectivity index (χ2v) is 7.94. The van der Waals surface area contributed by atoms with E-state index in [1.807, 2.05) is 11.9 Å². The van der Waals surface area contributed by atoms with E-state index in [0.717, 1.165) is 12.8 Å². The fourth-order valence-electron chi connectivity index (χ4n) is 2.99. The molecule has 4 N–H and O–H groups in total. The van der Waals surface area contributed by atoms with Crippen molar-refractivity contribution < 1.29 is 18.0 Å². The zero-order valence-electron chi connectivity index (χ0n) is 14.4. The number of carbonyl (C=O) groups excluding carboxylic acids is 2. The highest BCUT2D eigenvalue weighted by Crippen LogP contribution is 2.24. The lowest BCUT2D eigenvalue weighted by atomic mass is 10.1. The van der Waals surface area contributed by atoms with Gasteiger partial charge in [-0.15, -0.1) is 0 Å². The average Bonchev–Trinajstić information content (AvgIpc) is 2.93. The molecule has 0 saturated carbocycles. The van der Waals surface area contributed by atoms with E-state index < -0.39 is 15.9 Å². The van der Waals surface area contributed by atoms with Crippen molar-refractivity contribution in [1.82, 2.24) is 14.9 Å². The maximum Gasteiger partial charge on any atom is 0.248 e. The number of benzene rings is 1. The molecule has 1 aliphatic heterocycles. The first-order valence-corrected chi connectivity index (χ1v) is 9.55. The SMILES string of the molecule is CNC(=O)C[C@H]1CC[C@@H](CNS(=O)(=O)c2ccc(C(N)=O)cc2)N1C. The van der Waals surface area contributed by atoms with Crippen LogP contribution in [-0.2, 0) is 14.8 Å². The highest BCUT2D eigenvalue weighted by molar-refractivity contribution is 7.89. The lowest BCUT2D eigenvalue weighted by molar-refractivity contribution is -0.121. The van der Waals surface area contributed by atoms with Crippen LogP contribution in [0.15, 0.2) is 29.2 Å². The number of nitrogens with one attached hydrogen (secondary N) is 2. The molecule has 0 aliphatic carbocycles. The van der Waals surface area contributed by atoms with Crippen molar-refractivity contribution in [2.24, 2.45) is 5.73 Å². The first-order valence-electron chi connectivity index (χ1n) is 8.06. The highest BCUT2D eigenvalue weighted by atomic mass is 32.2. The number of primary amides is 1. The van der Waals surface area contributed by atoms with E-state index >= 15 is 0 Å². The van der Waals surface area contributed by atoms with Crippen LogP contribution in [0.25, 0.3) is 0 Å². The molecule has 8 nitrogen and oxygen atoms in total. The normalized spacial score (nSPS) is 21.2. The van der Waals surface area contributed by atoms with Crippen LogP contribution < -0.4 is 15.8 Å². The van der Waals surface area contributed by atoms with E-state index in [1.54, 1.807) is 7.05 Å². The van der Waals surface area contributed by atoms with Gasteiger partial charge in [0.25, 0.3) is 0 Å². The van der Waals surface area contributed by atoms with Gasteiger partial charge in [0.2, 0.25) is 21.8 Å². The van der Waals surface area contributed by atoms with Gasteiger partial charge in [0, 0.05) is 37.7 Å². The van der Waals surface area contributed by atoms with Gasteiger partial charge in [0.1, 0.15) is 0 Å². The van der Waals surface area contributed by atoms with Crippen LogP contribution in [0.3, 0.4) is 0 Å². The third-order valence-electron chi connectivity index (χ3n) is 4.64. The predicted molar refractivity (Wildman–Crippen MR) is 93.4 cm³/mol. The van der Waals surface area contributed by atoms with E-state index in [9.17, 15) is 18.0 Å². The number of rotatable bonds is 7. The van der Waals surface area contributed by atoms with Crippen LogP contribution >= 0.6 is 0 Å². The number of amides is 2. The second kappa shape index (κ2) is 7.94. The first kappa shape index (κ1) is 19.4. The van der Waals surface area contributed by atoms with Crippen LogP contribution in [0.1, 0.15) is 29.6 Å². The van der Waals surface area contributed by atoms with Gasteiger partial charge in [-0.3, -0.25) is 14.5 Å². The van der Waals surface area contributed by atoms with Crippen molar-refractivity contribution in [2.45, 2.75) is 36.2 Å². The molecule has 1 fully saturated rings. The van der Waals surface area contributed by atoms with Crippen molar-refractivity contribution in [2.75, 3.05) is 20.6 Å². The Labute approximate surface area is 147 Å². The Kier molecular flexibility index (Phi) is 6.15. The smallest absolute Gasteiger partial charge is 0.248 e. The van der Waals surface area contributed by atoms with Crippen LogP contribution in [0.5, 0.6) is 0 Å². The number of nitrogens with two attached hydrogens (primary N) is 1. The number of nitrogens with zero attached hydrogens (tertiary/aromatic N) is 1. The second-order valence-electron chi connectivity index (χ2n) is 6.17. The number of hydrogen-bond donors (Lipinski definition) is 3. The van der Waals surface area contributed by atoms with Gasteiger partial charge in [-0.2, -0.15) is 0 Å². The number of carbonyl (C=O) groups is 2. The minimum absolute atomic E-state index is 0.0207. The molecule has 9 heteroatoms. The number of likely N-dealkylation sites (N-methyl/N-ethyl adjacent to an activating group) is 1. The summed E-state index contributed by atoms with van der Waals surface area (Å²) >= 11 is 0. The number of hydrogen-bond acceptors (Lipinski definition) is 5. The molecule has 1 aromatic carbocycles. The Bertz CT molecular complexity index is 733. The molecule has 2 atom stereocenters. The lowest BCUT2D eigenvalue weighted by Gasteiger charge is -2.25. The van der Waals surface area contributed by atoms with E-state index in [-0.39, 0.29) is 35.0 Å². The number of sulfonamides is 1. The van der Waals surface area contributed by atoms with Crippen LogP contribution in [0.4, 0.5) is 0 Å². The summed E-state index contributed by atoms with van der Waals surface area (Å²) in [5.41, 5.74) is 5.41. The molecule has 1 heterocycles. The minimum Gasteiger partial charge on any atom is -0.366 e. The van der Waals surface area contributed by atoms with E-state index in [0.29, 0.717) is 6.42 Å². The van der Waals surface area contributed by atoms with Gasteiger partial charge in [0.05, 0.1) is 4.90 Å². The van der Waals surface area contributed by atoms with Crippen molar-refractivity contribution in [3.8, 4) is 0 Å². The summed E-state index contributed by atoms with van der Waals surface area (Å²) in [4.78, 5) is 24.7. The minimum atomic E-state index is -3.67. The fraction of sp³-hybridized carbons (Fsp3) is 0.500. The molecule has 1 aliphatic rings. The molecule has 138 valence electrons. The van der Waals surface area contributed by atoms with E-state index in [4.69, 9.17) is 5.73 Å². The highest BCUT2D eigenvalue weighted by Gasteiger charge is 2.32. The largest absolute Gasteiger partial charge is 0.366 e. The fourth-order valence-corrected chi connectivity index (χ4v) is 4.06. The monoisotopic (exact) mass is 368 g/mol. The quantitative estimate of drug-likeness (QED) is 0.608. The van der Waals surface area contributed by atoms with Gasteiger partial charge < -0.3 is 11.1 Å². The summed E-state index contributed by atoms with van der Waals surface area (Å²) in [7, 11) is -0.159. The molecule has 0 spiro atoms. The molecule has 1 saturated heterocycles. The molecule has 0 unspecified atom stereocenters. The molecule has 1 aromatic rings. The van der Waals surface area contributed by atoms with Crippen LogP contribution in [0, 0.1) is 0 Å². The van der Waals surface area contributed by atoms with Gasteiger partial charge in [-0.25, -0.2) is 13.1 Å². The molecule has 25 heavy (non-hydrogen) atoms. The average molecular weight is 368 g/mol. The molecular formula is C16H24N4O4S. The maximum absolute atomic E-state index is 12.4. The molecule has 0 radical (unpaired) electrons. The van der Waals surface area contributed by atoms with Gasteiger partial charge in [-0.1, -0.05) is 0 Å². The molecule has 0 aromatic heterocycles. The Morgan fingerprint density at radius 1 is 1.20 bits per heavy atom. The Morgan fingerprint density at radius 3 is 2.36 bits per heavy atom. The van der Waals surface area contributed by atoms with Crippen LogP contribution in [0.2, 0.25) is 0 Å². The molecule has 0 bridgehead atoms. The third-order valence-corrected chi connectivity index (χ3v) is 6.08. The molecule has 2 rings (SSSR count). The van der Waals surface area contributed by atoms with Crippen molar-refractivity contribution in [3.63, 3.8) is 0 Å². The van der Waals surface area contributed by atoms with Gasteiger partial charge in [-0.05, 0) is 44.2 Å². The summed E-state index contributed by atoms with van der Waals surface area (Å²) in [5.74, 6) is -0.626. The molecule has 2 amide bonds. The van der Waals surface area contributed by atoms with Crippen molar-refractivity contribution >= 4 is 21.8 Å². The van der Waals surface area contributed by atoms with E-state index in [1.165, 1.54) is 24.3 Å². The van der Waals surface area contributed by atoms with E-state index in [2.05, 4.69) is 10.0 Å². The van der Waals surface area contributed by atoms with Crippen molar-refractivity contribution in [3.05, 3.63) is 29.8 Å². The number of likely N-dealkylation sites (tertiary alicyclic amines) is 1. The zero-order chi connectivity index (χ0) is 18.6. The zero-order valence-corrected chi connectivity index (χ0v) is 15.2. The lowest BCUT2D eigenvalue weighted by Crippen LogP contribution is -2.42. The Morgan fingerprint density at radius 2 is 1.80 bits per heavy atom. The summed E-state index contributed by atoms with van der Waals surface area (Å²) in [6, 6.07) is 5.64. The maximum atomic E-state index is 12.4. The topological polar surface area (TPSA) is 122 Å². The molecular weight excluding hydrogens is 344 g/mol. The summed E-state index contributed by atoms with van der Waals surface area (Å²) in [5, 5.41) is 2.61. The summed E-state index contributed by atoms with van der Waals surface area (Å²) in [6.07, 6.45) is 2.08. The summed E-state index contributed by atoms with van der Waals surface area (Å²) in [6.45, 7) is 0.265. The summed E-state index contributed by atoms with van der Waals surface area (Å²) < 4.78 is 27.3. The van der Waals surface area contributed by atoms with Crippen LogP contribution in [-0.4, -0.2) is 57.9 Å². The van der Waals surface area contributed by atoms with Gasteiger partial charge >= 0.3 is 0 Å². The predicted octanol–water partition coefficient (Wildman–Crippen LogP) is -0.337. The van der Waals surface area contributed by atoms with Gasteiger partial charge in [0.15, 0.2) is 0 Å². The standard InChI is InChI=1S/C16H24N4O4S/c1-18-15(21)9-12-5-6-13(20(12)2)10-19-25(23,24)14-7-3-11(4-8-14)16(17)22/h3-4,7-8,12-13,19H,5-6,9-10H2,1-2H3,(H2,17,22)(H,18,21)/t12-,13+/m1/s1. The Balaban J connectivity index is 1.96. The van der Waals surface area contributed by atoms with Crippen molar-refractivity contribution in [1.29, 1.82) is 0 Å². The third kappa shape index (κ3) is 4.77. The Hall–Kier alpha value is -1.97.